The fraction of sp³-hybridized carbons (Fsp3) is 0.280. The van der Waals surface area contributed by atoms with Crippen LogP contribution in [0, 0.1) is 6.92 Å². The number of imidazole rings is 1. The van der Waals surface area contributed by atoms with Gasteiger partial charge < -0.3 is 14.6 Å². The molecule has 0 saturated carbocycles. The number of halogens is 1. The van der Waals surface area contributed by atoms with Crippen molar-refractivity contribution in [2.75, 3.05) is 20.1 Å². The summed E-state index contributed by atoms with van der Waals surface area (Å²) in [6.45, 7) is 4.08. The van der Waals surface area contributed by atoms with Crippen LogP contribution in [0.15, 0.2) is 48.8 Å². The predicted molar refractivity (Wildman–Crippen MR) is 132 cm³/mol. The maximum Gasteiger partial charge on any atom is 0.156 e. The molecule has 1 saturated heterocycles. The number of H-pyrrole nitrogens is 1. The zero-order valence-corrected chi connectivity index (χ0v) is 19.8. The summed E-state index contributed by atoms with van der Waals surface area (Å²) in [4.78, 5) is 19.4. The SMILES string of the molecule is Cc1nc2ccc(Oc3ccc4nc(Cl)c(-c5cnn(C6CCN(C)CC6)c5)nc4c3)cc2[nH]1. The van der Waals surface area contributed by atoms with Crippen LogP contribution in [0.4, 0.5) is 0 Å². The number of benzene rings is 2. The third-order valence-electron chi connectivity index (χ3n) is 6.34. The van der Waals surface area contributed by atoms with Crippen LogP contribution in [0.2, 0.25) is 5.15 Å². The molecular weight excluding hydrogens is 450 g/mol. The van der Waals surface area contributed by atoms with Gasteiger partial charge in [-0.15, -0.1) is 0 Å². The molecule has 0 amide bonds. The first kappa shape index (κ1) is 21.1. The largest absolute Gasteiger partial charge is 0.457 e. The van der Waals surface area contributed by atoms with Crippen molar-refractivity contribution in [3.8, 4) is 22.8 Å². The average Bonchev–Trinajstić information content (AvgIpc) is 3.45. The Kier molecular flexibility index (Phi) is 5.19. The second-order valence-corrected chi connectivity index (χ2v) is 9.22. The lowest BCUT2D eigenvalue weighted by atomic mass is 10.1. The third-order valence-corrected chi connectivity index (χ3v) is 6.60. The van der Waals surface area contributed by atoms with E-state index in [-0.39, 0.29) is 0 Å². The van der Waals surface area contributed by atoms with Gasteiger partial charge in [0.2, 0.25) is 0 Å². The second-order valence-electron chi connectivity index (χ2n) is 8.86. The summed E-state index contributed by atoms with van der Waals surface area (Å²) >= 11 is 6.52. The van der Waals surface area contributed by atoms with Crippen LogP contribution in [0.25, 0.3) is 33.3 Å². The van der Waals surface area contributed by atoms with Gasteiger partial charge in [0, 0.05) is 23.9 Å². The van der Waals surface area contributed by atoms with Crippen molar-refractivity contribution in [2.45, 2.75) is 25.8 Å². The lowest BCUT2D eigenvalue weighted by Crippen LogP contribution is -2.31. The average molecular weight is 474 g/mol. The number of nitrogens with zero attached hydrogens (tertiary/aromatic N) is 6. The maximum atomic E-state index is 6.52. The number of piperidine rings is 1. The van der Waals surface area contributed by atoms with Crippen molar-refractivity contribution >= 4 is 33.7 Å². The minimum Gasteiger partial charge on any atom is -0.457 e. The van der Waals surface area contributed by atoms with Crippen LogP contribution in [-0.4, -0.2) is 54.8 Å². The van der Waals surface area contributed by atoms with Gasteiger partial charge in [-0.2, -0.15) is 5.10 Å². The monoisotopic (exact) mass is 473 g/mol. The molecule has 0 unspecified atom stereocenters. The van der Waals surface area contributed by atoms with Crippen molar-refractivity contribution in [1.82, 2.24) is 34.6 Å². The molecule has 172 valence electrons. The molecule has 9 heteroatoms. The lowest BCUT2D eigenvalue weighted by Gasteiger charge is -2.28. The molecule has 6 rings (SSSR count). The van der Waals surface area contributed by atoms with Crippen LogP contribution in [0.3, 0.4) is 0 Å². The van der Waals surface area contributed by atoms with Crippen LogP contribution in [0.5, 0.6) is 11.5 Å². The number of hydrogen-bond donors (Lipinski definition) is 1. The van der Waals surface area contributed by atoms with Gasteiger partial charge >= 0.3 is 0 Å². The van der Waals surface area contributed by atoms with E-state index in [4.69, 9.17) is 21.3 Å². The van der Waals surface area contributed by atoms with Gasteiger partial charge in [0.05, 0.1) is 34.3 Å². The highest BCUT2D eigenvalue weighted by molar-refractivity contribution is 6.32. The van der Waals surface area contributed by atoms with E-state index in [2.05, 4.69) is 32.0 Å². The number of aryl methyl sites for hydroxylation is 1. The fourth-order valence-corrected chi connectivity index (χ4v) is 4.74. The predicted octanol–water partition coefficient (Wildman–Crippen LogP) is 5.39. The number of aromatic amines is 1. The van der Waals surface area contributed by atoms with Gasteiger partial charge in [0.1, 0.15) is 23.0 Å². The maximum absolute atomic E-state index is 6.52. The Balaban J connectivity index is 1.29. The molecule has 0 spiro atoms. The number of aromatic nitrogens is 6. The molecule has 34 heavy (non-hydrogen) atoms. The zero-order valence-electron chi connectivity index (χ0n) is 19.0. The molecule has 1 N–H and O–H groups in total. The van der Waals surface area contributed by atoms with E-state index in [9.17, 15) is 0 Å². The standard InChI is InChI=1S/C25H24ClN7O/c1-15-28-20-5-3-18(11-22(20)29-15)34-19-4-6-21-23(12-19)30-24(25(26)31-21)16-13-27-33(14-16)17-7-9-32(2)10-8-17/h3-6,11-14,17H,7-10H2,1-2H3,(H,28,29). The molecule has 0 aliphatic carbocycles. The molecule has 1 aliphatic heterocycles. The Morgan fingerprint density at radius 2 is 1.74 bits per heavy atom. The van der Waals surface area contributed by atoms with E-state index in [1.807, 2.05) is 60.4 Å². The molecule has 0 radical (unpaired) electrons. The van der Waals surface area contributed by atoms with Crippen LogP contribution >= 0.6 is 11.6 Å². The zero-order chi connectivity index (χ0) is 23.2. The van der Waals surface area contributed by atoms with Crippen molar-refractivity contribution in [1.29, 1.82) is 0 Å². The number of rotatable bonds is 4. The Bertz CT molecular complexity index is 1500. The first-order valence-electron chi connectivity index (χ1n) is 11.4. The highest BCUT2D eigenvalue weighted by Gasteiger charge is 2.20. The van der Waals surface area contributed by atoms with Gasteiger partial charge in [-0.25, -0.2) is 15.0 Å². The van der Waals surface area contributed by atoms with E-state index in [0.717, 1.165) is 54.1 Å². The van der Waals surface area contributed by atoms with Crippen LogP contribution in [0.1, 0.15) is 24.7 Å². The minimum atomic E-state index is 0.365. The number of nitrogens with one attached hydrogen (secondary N) is 1. The summed E-state index contributed by atoms with van der Waals surface area (Å²) in [7, 11) is 2.16. The van der Waals surface area contributed by atoms with Crippen LogP contribution < -0.4 is 4.74 Å². The van der Waals surface area contributed by atoms with Crippen LogP contribution in [-0.2, 0) is 0 Å². The summed E-state index contributed by atoms with van der Waals surface area (Å²) in [5.41, 5.74) is 4.76. The van der Waals surface area contributed by atoms with Gasteiger partial charge in [-0.3, -0.25) is 4.68 Å². The third kappa shape index (κ3) is 3.99. The second kappa shape index (κ2) is 8.38. The van der Waals surface area contributed by atoms with E-state index >= 15 is 0 Å². The summed E-state index contributed by atoms with van der Waals surface area (Å²) in [6, 6.07) is 11.8. The molecule has 3 aromatic heterocycles. The van der Waals surface area contributed by atoms with E-state index in [0.29, 0.717) is 33.7 Å². The van der Waals surface area contributed by atoms with Crippen molar-refractivity contribution in [3.05, 3.63) is 59.8 Å². The van der Waals surface area contributed by atoms with Crippen molar-refractivity contribution in [2.24, 2.45) is 0 Å². The molecule has 2 aromatic carbocycles. The quantitative estimate of drug-likeness (QED) is 0.376. The molecule has 0 atom stereocenters. The van der Waals surface area contributed by atoms with Gasteiger partial charge in [0.25, 0.3) is 0 Å². The first-order valence-corrected chi connectivity index (χ1v) is 11.7. The number of likely N-dealkylation sites (tertiary alicyclic amines) is 1. The Morgan fingerprint density at radius 1 is 0.971 bits per heavy atom. The summed E-state index contributed by atoms with van der Waals surface area (Å²) in [5, 5.41) is 4.97. The highest BCUT2D eigenvalue weighted by Crippen LogP contribution is 2.31. The lowest BCUT2D eigenvalue weighted by molar-refractivity contribution is 0.212. The van der Waals surface area contributed by atoms with E-state index < -0.39 is 0 Å². The highest BCUT2D eigenvalue weighted by atomic mass is 35.5. The summed E-state index contributed by atoms with van der Waals surface area (Å²) < 4.78 is 8.14. The number of fused-ring (bicyclic) bond motifs is 2. The molecule has 8 nitrogen and oxygen atoms in total. The number of ether oxygens (including phenoxy) is 1. The molecule has 5 aromatic rings. The molecule has 4 heterocycles. The summed E-state index contributed by atoms with van der Waals surface area (Å²) in [6.07, 6.45) is 6.01. The minimum absolute atomic E-state index is 0.365. The molecule has 0 bridgehead atoms. The number of hydrogen-bond acceptors (Lipinski definition) is 6. The molecule has 1 fully saturated rings. The van der Waals surface area contributed by atoms with Gasteiger partial charge in [0.15, 0.2) is 5.15 Å². The van der Waals surface area contributed by atoms with Crippen molar-refractivity contribution in [3.63, 3.8) is 0 Å². The van der Waals surface area contributed by atoms with E-state index in [1.54, 1.807) is 0 Å². The Hall–Kier alpha value is -3.49. The van der Waals surface area contributed by atoms with Gasteiger partial charge in [-0.1, -0.05) is 11.6 Å². The van der Waals surface area contributed by atoms with Gasteiger partial charge in [-0.05, 0) is 64.2 Å². The fourth-order valence-electron chi connectivity index (χ4n) is 4.50. The topological polar surface area (TPSA) is 84.8 Å². The first-order chi connectivity index (χ1) is 16.5. The molecule has 1 aliphatic rings. The Morgan fingerprint density at radius 3 is 2.56 bits per heavy atom. The summed E-state index contributed by atoms with van der Waals surface area (Å²) in [5.74, 6) is 2.27. The molecular formula is C25H24ClN7O. The normalized spacial score (nSPS) is 15.4. The smallest absolute Gasteiger partial charge is 0.156 e. The van der Waals surface area contributed by atoms with Crippen molar-refractivity contribution < 1.29 is 4.74 Å². The van der Waals surface area contributed by atoms with E-state index in [1.165, 1.54) is 0 Å². The Labute approximate surface area is 201 Å².